The lowest BCUT2D eigenvalue weighted by molar-refractivity contribution is -0.123. The molecule has 3 amide bonds. The lowest BCUT2D eigenvalue weighted by atomic mass is 10.1. The summed E-state index contributed by atoms with van der Waals surface area (Å²) >= 11 is 6.34. The third-order valence-corrected chi connectivity index (χ3v) is 6.11. The predicted molar refractivity (Wildman–Crippen MR) is 135 cm³/mol. The van der Waals surface area contributed by atoms with Gasteiger partial charge in [0.25, 0.3) is 11.5 Å². The highest BCUT2D eigenvalue weighted by atomic mass is 35.5. The summed E-state index contributed by atoms with van der Waals surface area (Å²) in [4.78, 5) is 40.3. The number of carbonyl (C=O) groups excluding carboxylic acids is 2. The minimum absolute atomic E-state index is 0.0294. The van der Waals surface area contributed by atoms with Crippen LogP contribution in [0.5, 0.6) is 0 Å². The maximum absolute atomic E-state index is 13.5. The van der Waals surface area contributed by atoms with E-state index in [9.17, 15) is 14.4 Å². The largest absolute Gasteiger partial charge is 0.329 e. The molecule has 1 aromatic heterocycles. The van der Waals surface area contributed by atoms with E-state index >= 15 is 0 Å². The van der Waals surface area contributed by atoms with E-state index in [1.165, 1.54) is 10.8 Å². The zero-order valence-electron chi connectivity index (χ0n) is 18.8. The summed E-state index contributed by atoms with van der Waals surface area (Å²) in [5.74, 6) is -0.500. The van der Waals surface area contributed by atoms with Gasteiger partial charge in [0.05, 0.1) is 28.5 Å². The number of urea groups is 1. The van der Waals surface area contributed by atoms with Crippen LogP contribution in [0.3, 0.4) is 0 Å². The molecule has 1 saturated heterocycles. The van der Waals surface area contributed by atoms with Crippen LogP contribution in [0.25, 0.3) is 23.0 Å². The monoisotopic (exact) mass is 484 g/mol. The zero-order chi connectivity index (χ0) is 24.5. The number of hydrogen-bond donors (Lipinski definition) is 2. The Morgan fingerprint density at radius 3 is 2.29 bits per heavy atom. The number of hydrogen-bond acceptors (Lipinski definition) is 3. The van der Waals surface area contributed by atoms with Crippen molar-refractivity contribution in [1.82, 2.24) is 20.0 Å². The van der Waals surface area contributed by atoms with Gasteiger partial charge in [0.15, 0.2) is 0 Å². The number of benzene rings is 3. The summed E-state index contributed by atoms with van der Waals surface area (Å²) in [5.41, 5.74) is 3.50. The maximum Gasteiger partial charge on any atom is 0.329 e. The maximum atomic E-state index is 13.5. The molecule has 1 aliphatic rings. The molecule has 3 aromatic carbocycles. The van der Waals surface area contributed by atoms with Crippen molar-refractivity contribution in [3.8, 4) is 16.9 Å². The Hall–Kier alpha value is -4.36. The summed E-state index contributed by atoms with van der Waals surface area (Å²) < 4.78 is 1.34. The summed E-state index contributed by atoms with van der Waals surface area (Å²) in [5, 5.41) is 6.12. The standard InChI is InChI=1S/C27H21ClN4O3/c1-17-11-13-18(14-12-17)16-31-26(34)22(29-27(31)35)15-20-24(19-7-3-2-4-8-19)30-32(25(20)33)23-10-6-5-9-21(23)28/h2-15,30H,16H2,1H3,(H,29,35). The number of amides is 3. The minimum Gasteiger partial charge on any atom is -0.303 e. The Kier molecular flexibility index (Phi) is 5.84. The molecule has 0 radical (unpaired) electrons. The molecule has 0 atom stereocenters. The van der Waals surface area contributed by atoms with Crippen LogP contribution in [-0.4, -0.2) is 26.6 Å². The van der Waals surface area contributed by atoms with Crippen LogP contribution in [0.1, 0.15) is 16.7 Å². The van der Waals surface area contributed by atoms with E-state index in [4.69, 9.17) is 11.6 Å². The summed E-state index contributed by atoms with van der Waals surface area (Å²) in [6, 6.07) is 23.3. The summed E-state index contributed by atoms with van der Waals surface area (Å²) in [7, 11) is 0. The summed E-state index contributed by atoms with van der Waals surface area (Å²) in [6.45, 7) is 2.10. The highest BCUT2D eigenvalue weighted by Gasteiger charge is 2.34. The number of nitrogens with zero attached hydrogens (tertiary/aromatic N) is 2. The van der Waals surface area contributed by atoms with Gasteiger partial charge in [-0.05, 0) is 30.7 Å². The number of carbonyl (C=O) groups is 2. The normalized spacial score (nSPS) is 14.6. The topological polar surface area (TPSA) is 87.2 Å². The van der Waals surface area contributed by atoms with Crippen LogP contribution >= 0.6 is 11.6 Å². The second kappa shape index (κ2) is 9.12. The van der Waals surface area contributed by atoms with Gasteiger partial charge >= 0.3 is 6.03 Å². The molecule has 2 heterocycles. The highest BCUT2D eigenvalue weighted by Crippen LogP contribution is 2.26. The lowest BCUT2D eigenvalue weighted by Crippen LogP contribution is -2.30. The van der Waals surface area contributed by atoms with Crippen LogP contribution < -0.4 is 10.9 Å². The average molecular weight is 485 g/mol. The van der Waals surface area contributed by atoms with Crippen molar-refractivity contribution in [3.05, 3.63) is 117 Å². The fourth-order valence-corrected chi connectivity index (χ4v) is 4.17. The third kappa shape index (κ3) is 4.29. The van der Waals surface area contributed by atoms with Gasteiger partial charge in [-0.25, -0.2) is 9.48 Å². The van der Waals surface area contributed by atoms with Gasteiger partial charge in [0.1, 0.15) is 5.70 Å². The first-order valence-corrected chi connectivity index (χ1v) is 11.4. The van der Waals surface area contributed by atoms with Gasteiger partial charge in [-0.3, -0.25) is 19.6 Å². The van der Waals surface area contributed by atoms with Crippen LogP contribution in [0, 0.1) is 6.92 Å². The molecule has 1 fully saturated rings. The Balaban J connectivity index is 1.57. The number of rotatable bonds is 5. The Morgan fingerprint density at radius 2 is 1.57 bits per heavy atom. The minimum atomic E-state index is -0.537. The number of aryl methyl sites for hydroxylation is 1. The fourth-order valence-electron chi connectivity index (χ4n) is 3.95. The van der Waals surface area contributed by atoms with E-state index in [1.54, 1.807) is 24.3 Å². The third-order valence-electron chi connectivity index (χ3n) is 5.79. The van der Waals surface area contributed by atoms with Crippen molar-refractivity contribution in [2.45, 2.75) is 13.5 Å². The number of nitrogens with one attached hydrogen (secondary N) is 2. The molecule has 7 nitrogen and oxygen atoms in total. The Labute approximate surface area is 206 Å². The molecule has 0 bridgehead atoms. The first-order chi connectivity index (χ1) is 16.9. The van der Waals surface area contributed by atoms with Crippen molar-refractivity contribution in [2.75, 3.05) is 0 Å². The number of para-hydroxylation sites is 1. The average Bonchev–Trinajstić information content (AvgIpc) is 3.32. The van der Waals surface area contributed by atoms with E-state index < -0.39 is 17.5 Å². The van der Waals surface area contributed by atoms with E-state index in [-0.39, 0.29) is 17.8 Å². The van der Waals surface area contributed by atoms with Crippen LogP contribution in [0.15, 0.2) is 89.4 Å². The van der Waals surface area contributed by atoms with E-state index in [0.29, 0.717) is 16.4 Å². The number of halogens is 1. The fraction of sp³-hybridized carbons (Fsp3) is 0.0741. The van der Waals surface area contributed by atoms with Gasteiger partial charge in [0, 0.05) is 5.56 Å². The number of aromatic amines is 1. The molecule has 174 valence electrons. The Morgan fingerprint density at radius 1 is 0.886 bits per heavy atom. The van der Waals surface area contributed by atoms with Crippen molar-refractivity contribution in [2.24, 2.45) is 0 Å². The smallest absolute Gasteiger partial charge is 0.303 e. The first-order valence-electron chi connectivity index (χ1n) is 11.0. The van der Waals surface area contributed by atoms with Crippen molar-refractivity contribution >= 4 is 29.6 Å². The molecule has 1 aliphatic heterocycles. The predicted octanol–water partition coefficient (Wildman–Crippen LogP) is 4.89. The van der Waals surface area contributed by atoms with Gasteiger partial charge in [0.2, 0.25) is 0 Å². The van der Waals surface area contributed by atoms with Crippen molar-refractivity contribution in [3.63, 3.8) is 0 Å². The SMILES string of the molecule is Cc1ccc(CN2C(=O)NC(=Cc3c(-c4ccccc4)[nH]n(-c4ccccc4Cl)c3=O)C2=O)cc1. The molecule has 0 saturated carbocycles. The van der Waals surface area contributed by atoms with Gasteiger partial charge in [-0.1, -0.05) is 83.9 Å². The second-order valence-electron chi connectivity index (χ2n) is 8.22. The molecule has 4 aromatic rings. The molecule has 0 aliphatic carbocycles. The van der Waals surface area contributed by atoms with Crippen molar-refractivity contribution < 1.29 is 9.59 Å². The van der Waals surface area contributed by atoms with E-state index in [1.807, 2.05) is 61.5 Å². The molecular weight excluding hydrogens is 464 g/mol. The molecular formula is C27H21ClN4O3. The van der Waals surface area contributed by atoms with Gasteiger partial charge in [-0.2, -0.15) is 0 Å². The van der Waals surface area contributed by atoms with Crippen LogP contribution in [0.4, 0.5) is 4.79 Å². The van der Waals surface area contributed by atoms with Crippen molar-refractivity contribution in [1.29, 1.82) is 0 Å². The molecule has 0 spiro atoms. The van der Waals surface area contributed by atoms with Crippen LogP contribution in [-0.2, 0) is 11.3 Å². The summed E-state index contributed by atoms with van der Waals surface area (Å²) in [6.07, 6.45) is 1.42. The molecule has 35 heavy (non-hydrogen) atoms. The van der Waals surface area contributed by atoms with E-state index in [2.05, 4.69) is 10.4 Å². The quantitative estimate of drug-likeness (QED) is 0.312. The van der Waals surface area contributed by atoms with Crippen LogP contribution in [0.2, 0.25) is 5.02 Å². The van der Waals surface area contributed by atoms with Gasteiger partial charge in [-0.15, -0.1) is 0 Å². The second-order valence-corrected chi connectivity index (χ2v) is 8.63. The first kappa shape index (κ1) is 22.4. The number of aromatic nitrogens is 2. The molecule has 8 heteroatoms. The number of imide groups is 1. The lowest BCUT2D eigenvalue weighted by Gasteiger charge is -2.11. The zero-order valence-corrected chi connectivity index (χ0v) is 19.5. The Bertz CT molecular complexity index is 1520. The highest BCUT2D eigenvalue weighted by molar-refractivity contribution is 6.32. The van der Waals surface area contributed by atoms with E-state index in [0.717, 1.165) is 21.6 Å². The molecule has 2 N–H and O–H groups in total. The number of H-pyrrole nitrogens is 1. The molecule has 5 rings (SSSR count). The molecule has 0 unspecified atom stereocenters. The van der Waals surface area contributed by atoms with Gasteiger partial charge < -0.3 is 5.32 Å².